The molecule has 1 aliphatic heterocycles. The fourth-order valence-electron chi connectivity index (χ4n) is 3.22. The molecule has 2 unspecified atom stereocenters. The molecule has 0 spiro atoms. The zero-order valence-corrected chi connectivity index (χ0v) is 31.7. The number of anilines is 2. The molecule has 35 heavy (non-hydrogen) atoms. The molecule has 2 atom stereocenters. The van der Waals surface area contributed by atoms with Gasteiger partial charge in [-0.1, -0.05) is 58.3 Å². The van der Waals surface area contributed by atoms with Crippen LogP contribution in [0, 0.1) is 100 Å². The van der Waals surface area contributed by atoms with Gasteiger partial charge in [0.15, 0.2) is 11.6 Å². The molecule has 1 aromatic carbocycles. The Morgan fingerprint density at radius 3 is 2.43 bits per heavy atom. The van der Waals surface area contributed by atoms with Gasteiger partial charge in [0.05, 0.1) is 5.69 Å². The summed E-state index contributed by atoms with van der Waals surface area (Å²) in [5.41, 5.74) is 3.71. The summed E-state index contributed by atoms with van der Waals surface area (Å²) in [7, 11) is -0.142. The van der Waals surface area contributed by atoms with E-state index in [2.05, 4.69) is 49.6 Å². The van der Waals surface area contributed by atoms with Crippen molar-refractivity contribution < 1.29 is 71.4 Å². The Bertz CT molecular complexity index is 918. The van der Waals surface area contributed by atoms with E-state index in [-0.39, 0.29) is 96.3 Å². The van der Waals surface area contributed by atoms with E-state index in [1.165, 1.54) is 0 Å². The van der Waals surface area contributed by atoms with Crippen LogP contribution in [0.4, 0.5) is 15.9 Å². The van der Waals surface area contributed by atoms with E-state index in [4.69, 9.17) is 11.2 Å². The number of carbonyl (C=O) groups excluding carboxylic acids is 1. The van der Waals surface area contributed by atoms with Crippen LogP contribution in [-0.2, 0) is 36.9 Å². The number of hydrogen-bond acceptors (Lipinski definition) is 4. The number of benzene rings is 1. The van der Waals surface area contributed by atoms with Gasteiger partial charge in [0.25, 0.3) is 0 Å². The average molecular weight is 968 g/mol. The Morgan fingerprint density at radius 2 is 1.91 bits per heavy atom. The summed E-state index contributed by atoms with van der Waals surface area (Å²) in [5.74, 6) is 2.61. The molecule has 190 valence electrons. The van der Waals surface area contributed by atoms with Gasteiger partial charge in [-0.15, -0.1) is 15.4 Å². The number of aromatic nitrogens is 2. The zero-order chi connectivity index (χ0) is 23.9. The van der Waals surface area contributed by atoms with Gasteiger partial charge in [-0.05, 0) is 17.5 Å². The number of aromatic amines is 1. The number of hydrogen-bond donors (Lipinski definition) is 2. The molecule has 1 aliphatic carbocycles. The van der Waals surface area contributed by atoms with Crippen molar-refractivity contribution in [1.82, 2.24) is 10.2 Å². The van der Waals surface area contributed by atoms with Crippen molar-refractivity contribution in [2.24, 2.45) is 11.3 Å². The molecule has 4 rings (SSSR count). The Balaban J connectivity index is 0. The topological polar surface area (TPSA) is 57.8 Å². The molecule has 2 aromatic rings. The maximum absolute atomic E-state index is 14.6. The van der Waals surface area contributed by atoms with Crippen molar-refractivity contribution in [3.63, 3.8) is 0 Å². The SMILES string of the molecule is CC(C)[C-]=O.Fc1c(Nc2cc(C3C[CH-]CC3)[nH]n2)ccc2c1CS(=S)C2.[CH2-]C(C)(C)C.[CH3-].[U+2].[U+2]. The number of halogens is 1. The largest absolute Gasteiger partial charge is 2.00 e. The summed E-state index contributed by atoms with van der Waals surface area (Å²) in [6.45, 7) is 13.6. The summed E-state index contributed by atoms with van der Waals surface area (Å²) < 4.78 is 14.6. The van der Waals surface area contributed by atoms with E-state index in [0.717, 1.165) is 41.8 Å². The van der Waals surface area contributed by atoms with Crippen LogP contribution >= 0.6 is 0 Å². The molecule has 0 bridgehead atoms. The van der Waals surface area contributed by atoms with E-state index >= 15 is 0 Å². The van der Waals surface area contributed by atoms with Crippen LogP contribution in [0.2, 0.25) is 0 Å². The summed E-state index contributed by atoms with van der Waals surface area (Å²) in [6.07, 6.45) is 7.51. The first-order chi connectivity index (χ1) is 15.0. The summed E-state index contributed by atoms with van der Waals surface area (Å²) >= 11 is 5.32. The van der Waals surface area contributed by atoms with Gasteiger partial charge in [-0.3, -0.25) is 11.4 Å². The van der Waals surface area contributed by atoms with Crippen molar-refractivity contribution in [3.05, 3.63) is 61.6 Å². The normalized spacial score (nSPS) is 17.8. The van der Waals surface area contributed by atoms with Crippen molar-refractivity contribution >= 4 is 38.4 Å². The molecule has 1 aromatic heterocycles. The van der Waals surface area contributed by atoms with E-state index < -0.39 is 0 Å². The van der Waals surface area contributed by atoms with Crippen molar-refractivity contribution in [2.45, 2.75) is 71.3 Å². The average Bonchev–Trinajstić information content (AvgIpc) is 3.43. The van der Waals surface area contributed by atoms with Crippen molar-refractivity contribution in [1.29, 1.82) is 0 Å². The van der Waals surface area contributed by atoms with Crippen LogP contribution in [0.15, 0.2) is 18.2 Å². The standard InChI is InChI=1S/C16H17FN3S2.C5H11.C4H7O.CH3.2U/c17-16-12-9-22(21)8-11(12)5-6-13(16)18-15-7-14(19-20-15)10-3-1-2-4-10;1-5(2,3)4;1-4(2)3-5;;;/h1,5-7,10H,2-4,8-9H2,(H2,18,19,20);1H2,2-4H3;4H,1-2H3;1H3;;/q4*-1;2*+2. The molecule has 2 aliphatic rings. The van der Waals surface area contributed by atoms with Crippen LogP contribution in [0.5, 0.6) is 0 Å². The summed E-state index contributed by atoms with van der Waals surface area (Å²) in [6, 6.07) is 5.78. The quantitative estimate of drug-likeness (QED) is 0.327. The molecular formula is C26H38FN3OS2U2. The van der Waals surface area contributed by atoms with E-state index in [1.807, 2.05) is 12.1 Å². The third-order valence-corrected chi connectivity index (χ3v) is 6.62. The third-order valence-electron chi connectivity index (χ3n) is 4.67. The molecule has 2 N–H and O–H groups in total. The minimum absolute atomic E-state index is 0. The summed E-state index contributed by atoms with van der Waals surface area (Å²) in [4.78, 5) is 9.38. The zero-order valence-electron chi connectivity index (χ0n) is 21.8. The monoisotopic (exact) mass is 967 g/mol. The van der Waals surface area contributed by atoms with Gasteiger partial charge in [0, 0.05) is 28.8 Å². The van der Waals surface area contributed by atoms with Gasteiger partial charge in [0.2, 0.25) is 0 Å². The second-order valence-corrected chi connectivity index (χ2v) is 12.6. The molecule has 1 saturated carbocycles. The predicted octanol–water partition coefficient (Wildman–Crippen LogP) is 6.93. The maximum Gasteiger partial charge on any atom is 2.00 e. The predicted molar refractivity (Wildman–Crippen MR) is 143 cm³/mol. The van der Waals surface area contributed by atoms with Crippen LogP contribution in [0.1, 0.15) is 76.6 Å². The van der Waals surface area contributed by atoms with E-state index in [9.17, 15) is 9.18 Å². The van der Waals surface area contributed by atoms with Crippen LogP contribution in [0.3, 0.4) is 0 Å². The molecule has 2 heterocycles. The fourth-order valence-corrected chi connectivity index (χ4v) is 5.31. The number of nitrogens with one attached hydrogen (secondary N) is 2. The van der Waals surface area contributed by atoms with Gasteiger partial charge in [0.1, 0.15) is 0 Å². The maximum atomic E-state index is 14.6. The molecule has 0 saturated heterocycles. The molecule has 0 radical (unpaired) electrons. The van der Waals surface area contributed by atoms with Gasteiger partial charge in [-0.25, -0.2) is 4.39 Å². The van der Waals surface area contributed by atoms with Gasteiger partial charge in [-0.2, -0.15) is 23.4 Å². The molecule has 1 fully saturated rings. The Morgan fingerprint density at radius 1 is 1.31 bits per heavy atom. The number of fused-ring (bicyclic) bond motifs is 1. The fraction of sp³-hybridized carbons (Fsp3) is 0.500. The number of H-pyrrole nitrogens is 1. The van der Waals surface area contributed by atoms with E-state index in [1.54, 1.807) is 26.2 Å². The van der Waals surface area contributed by atoms with Crippen LogP contribution in [-0.4, -0.2) is 16.5 Å². The Hall–Kier alpha value is 0.504. The number of nitrogens with zero attached hydrogens (tertiary/aromatic N) is 1. The minimum atomic E-state index is -0.170. The second-order valence-electron chi connectivity index (χ2n) is 9.76. The Labute approximate surface area is 266 Å². The van der Waals surface area contributed by atoms with Crippen molar-refractivity contribution in [3.8, 4) is 0 Å². The van der Waals surface area contributed by atoms with Crippen LogP contribution < -0.4 is 5.32 Å². The first-order valence-electron chi connectivity index (χ1n) is 11.0. The summed E-state index contributed by atoms with van der Waals surface area (Å²) in [5, 5.41) is 10.4. The third kappa shape index (κ3) is 13.7. The van der Waals surface area contributed by atoms with E-state index in [0.29, 0.717) is 23.2 Å². The molecule has 0 amide bonds. The number of rotatable bonds is 4. The Kier molecular flexibility index (Phi) is 19.3. The molecule has 9 heteroatoms. The molecule has 4 nitrogen and oxygen atoms in total. The smallest absolute Gasteiger partial charge is 0.542 e. The first kappa shape index (κ1) is 37.7. The first-order valence-corrected chi connectivity index (χ1v) is 13.5. The minimum Gasteiger partial charge on any atom is -0.542 e. The van der Waals surface area contributed by atoms with Gasteiger partial charge < -0.3 is 30.9 Å². The second kappa shape index (κ2) is 17.9. The van der Waals surface area contributed by atoms with Crippen molar-refractivity contribution in [2.75, 3.05) is 5.32 Å². The van der Waals surface area contributed by atoms with Gasteiger partial charge >= 0.3 is 62.2 Å². The van der Waals surface area contributed by atoms with Crippen LogP contribution in [0.25, 0.3) is 0 Å². The molecular weight excluding hydrogens is 929 g/mol.